The Kier molecular flexibility index (Phi) is 7.40. The highest BCUT2D eigenvalue weighted by atomic mass is 35.7. The molecule has 0 amide bonds. The zero-order valence-corrected chi connectivity index (χ0v) is 23.2. The summed E-state index contributed by atoms with van der Waals surface area (Å²) in [5.41, 5.74) is 2.45. The van der Waals surface area contributed by atoms with E-state index in [1.54, 1.807) is 5.57 Å². The zero-order chi connectivity index (χ0) is 23.3. The summed E-state index contributed by atoms with van der Waals surface area (Å²) in [6.07, 6.45) is 16.9. The highest BCUT2D eigenvalue weighted by molar-refractivity contribution is 7.84. The molecule has 0 heterocycles. The molecule has 184 valence electrons. The van der Waals surface area contributed by atoms with Crippen molar-refractivity contribution in [2.75, 3.05) is 6.66 Å². The Bertz CT molecular complexity index is 757. The van der Waals surface area contributed by atoms with Crippen molar-refractivity contribution in [2.45, 2.75) is 111 Å². The molecule has 4 aliphatic carbocycles. The normalized spacial score (nSPS) is 44.2. The van der Waals surface area contributed by atoms with Crippen molar-refractivity contribution in [2.24, 2.45) is 46.3 Å². The van der Waals surface area contributed by atoms with Crippen molar-refractivity contribution < 1.29 is 9.09 Å². The molecule has 0 aromatic rings. The first kappa shape index (κ1) is 25.3. The Labute approximate surface area is 202 Å². The van der Waals surface area contributed by atoms with Crippen molar-refractivity contribution in [1.82, 2.24) is 0 Å². The quantitative estimate of drug-likeness (QED) is 0.266. The first-order valence-corrected chi connectivity index (χ1v) is 16.6. The summed E-state index contributed by atoms with van der Waals surface area (Å²) in [6.45, 7) is 11.1. The van der Waals surface area contributed by atoms with Gasteiger partial charge in [0.05, 0.1) is 6.10 Å². The van der Waals surface area contributed by atoms with Gasteiger partial charge in [-0.25, -0.2) is 0 Å². The lowest BCUT2D eigenvalue weighted by Gasteiger charge is -2.58. The molecule has 0 bridgehead atoms. The number of halogens is 1. The number of rotatable bonds is 7. The van der Waals surface area contributed by atoms with Crippen molar-refractivity contribution in [3.63, 3.8) is 0 Å². The molecule has 0 radical (unpaired) electrons. The van der Waals surface area contributed by atoms with Crippen LogP contribution in [-0.4, -0.2) is 12.8 Å². The van der Waals surface area contributed by atoms with Gasteiger partial charge in [-0.1, -0.05) is 65.5 Å². The van der Waals surface area contributed by atoms with Gasteiger partial charge in [0.25, 0.3) is 6.72 Å². The van der Waals surface area contributed by atoms with Crippen molar-refractivity contribution in [3.05, 3.63) is 11.6 Å². The Morgan fingerprint density at radius 2 is 1.84 bits per heavy atom. The summed E-state index contributed by atoms with van der Waals surface area (Å²) in [4.78, 5) is 0. The van der Waals surface area contributed by atoms with E-state index in [4.69, 9.17) is 15.8 Å². The minimum Gasteiger partial charge on any atom is -0.314 e. The molecule has 4 aliphatic rings. The zero-order valence-electron chi connectivity index (χ0n) is 21.5. The third-order valence-corrected chi connectivity index (χ3v) is 11.5. The van der Waals surface area contributed by atoms with Crippen molar-refractivity contribution in [1.29, 1.82) is 0 Å². The lowest BCUT2D eigenvalue weighted by atomic mass is 9.47. The summed E-state index contributed by atoms with van der Waals surface area (Å²) < 4.78 is 17.8. The monoisotopic (exact) mass is 482 g/mol. The van der Waals surface area contributed by atoms with Gasteiger partial charge in [-0.3, -0.25) is 4.57 Å². The smallest absolute Gasteiger partial charge is 0.287 e. The van der Waals surface area contributed by atoms with Crippen LogP contribution in [0.25, 0.3) is 0 Å². The fourth-order valence-electron chi connectivity index (χ4n) is 9.01. The lowest BCUT2D eigenvalue weighted by Crippen LogP contribution is -2.50. The number of hydrogen-bond donors (Lipinski definition) is 0. The predicted octanol–water partition coefficient (Wildman–Crippen LogP) is 9.47. The summed E-state index contributed by atoms with van der Waals surface area (Å²) in [5, 5.41) is 0. The number of fused-ring (bicyclic) bond motifs is 5. The molecule has 32 heavy (non-hydrogen) atoms. The van der Waals surface area contributed by atoms with Crippen molar-refractivity contribution in [3.8, 4) is 0 Å². The van der Waals surface area contributed by atoms with Crippen LogP contribution >= 0.6 is 18.0 Å². The van der Waals surface area contributed by atoms with Gasteiger partial charge in [0, 0.05) is 6.66 Å². The molecular formula is C28H48ClO2P. The predicted molar refractivity (Wildman–Crippen MR) is 137 cm³/mol. The van der Waals surface area contributed by atoms with Gasteiger partial charge in [0.15, 0.2) is 0 Å². The van der Waals surface area contributed by atoms with E-state index in [9.17, 15) is 4.57 Å². The summed E-state index contributed by atoms with van der Waals surface area (Å²) in [5.74, 6) is 5.21. The number of allylic oxidation sites excluding steroid dienone is 1. The maximum absolute atomic E-state index is 12.0. The maximum Gasteiger partial charge on any atom is 0.287 e. The topological polar surface area (TPSA) is 26.3 Å². The molecule has 0 aliphatic heterocycles. The molecule has 4 rings (SSSR count). The maximum atomic E-state index is 12.0. The fourth-order valence-corrected chi connectivity index (χ4v) is 10.1. The Balaban J connectivity index is 1.46. The number of hydrogen-bond acceptors (Lipinski definition) is 2. The third-order valence-electron chi connectivity index (χ3n) is 10.6. The molecule has 0 saturated heterocycles. The molecule has 3 fully saturated rings. The van der Waals surface area contributed by atoms with Crippen LogP contribution in [-0.2, 0) is 9.09 Å². The third kappa shape index (κ3) is 4.81. The van der Waals surface area contributed by atoms with Crippen LogP contribution in [0.5, 0.6) is 0 Å². The molecule has 3 saturated carbocycles. The highest BCUT2D eigenvalue weighted by Gasteiger charge is 2.59. The molecule has 9 atom stereocenters. The SMILES string of the molecule is CC(C)CCCC(C)C1CCC2C3CC=C4CC(OP(C)(=O)Cl)CC[C@]4(C)C3CC[C@]12C. The Morgan fingerprint density at radius 3 is 2.53 bits per heavy atom. The molecule has 4 heteroatoms. The minimum atomic E-state index is -2.94. The second-order valence-electron chi connectivity index (χ2n) is 13.0. The van der Waals surface area contributed by atoms with Crippen LogP contribution in [0, 0.1) is 46.3 Å². The lowest BCUT2D eigenvalue weighted by molar-refractivity contribution is -0.0556. The molecule has 7 unspecified atom stereocenters. The van der Waals surface area contributed by atoms with E-state index in [-0.39, 0.29) is 6.10 Å². The van der Waals surface area contributed by atoms with Gasteiger partial charge >= 0.3 is 0 Å². The summed E-state index contributed by atoms with van der Waals surface area (Å²) in [6, 6.07) is 0. The van der Waals surface area contributed by atoms with Gasteiger partial charge in [-0.15, -0.1) is 0 Å². The molecule has 2 nitrogen and oxygen atoms in total. The van der Waals surface area contributed by atoms with Gasteiger partial charge in [-0.2, -0.15) is 0 Å². The van der Waals surface area contributed by atoms with Crippen LogP contribution < -0.4 is 0 Å². The Morgan fingerprint density at radius 1 is 1.09 bits per heavy atom. The van der Waals surface area contributed by atoms with E-state index in [1.165, 1.54) is 64.5 Å². The average molecular weight is 483 g/mol. The highest BCUT2D eigenvalue weighted by Crippen LogP contribution is 2.67. The van der Waals surface area contributed by atoms with Crippen LogP contribution in [0.3, 0.4) is 0 Å². The van der Waals surface area contributed by atoms with Gasteiger partial charge < -0.3 is 4.52 Å². The second-order valence-corrected chi connectivity index (χ2v) is 16.6. The van der Waals surface area contributed by atoms with E-state index in [2.05, 4.69) is 40.7 Å². The molecule has 0 aromatic heterocycles. The molecule has 0 N–H and O–H groups in total. The summed E-state index contributed by atoms with van der Waals surface area (Å²) >= 11 is 5.96. The van der Waals surface area contributed by atoms with E-state index < -0.39 is 6.72 Å². The first-order valence-electron chi connectivity index (χ1n) is 13.6. The molecular weight excluding hydrogens is 435 g/mol. The first-order chi connectivity index (χ1) is 14.9. The average Bonchev–Trinajstić information content (AvgIpc) is 3.04. The van der Waals surface area contributed by atoms with E-state index in [1.807, 2.05) is 0 Å². The van der Waals surface area contributed by atoms with Crippen molar-refractivity contribution >= 4 is 18.0 Å². The molecule has 0 aromatic carbocycles. The van der Waals surface area contributed by atoms with E-state index in [0.29, 0.717) is 10.8 Å². The fraction of sp³-hybridized carbons (Fsp3) is 0.929. The standard InChI is InChI=1S/C28H48ClO2P/c1-19(2)8-7-9-20(3)24-12-13-25-23-11-10-21-18-22(31-32(6,29)30)14-16-27(21,4)26(23)15-17-28(24,25)5/h10,19-20,22-26H,7-9,11-18H2,1-6H3/t20?,22?,23?,24?,25?,26?,27-,28+,32?/m0/s1. The van der Waals surface area contributed by atoms with Gasteiger partial charge in [0.1, 0.15) is 0 Å². The molecule has 0 spiro atoms. The largest absolute Gasteiger partial charge is 0.314 e. The van der Waals surface area contributed by atoms with E-state index in [0.717, 1.165) is 48.3 Å². The second kappa shape index (κ2) is 9.35. The van der Waals surface area contributed by atoms with Crippen LogP contribution in [0.1, 0.15) is 105 Å². The van der Waals surface area contributed by atoms with E-state index >= 15 is 0 Å². The van der Waals surface area contributed by atoms with Crippen LogP contribution in [0.4, 0.5) is 0 Å². The van der Waals surface area contributed by atoms with Crippen LogP contribution in [0.2, 0.25) is 0 Å². The Hall–Kier alpha value is 0.220. The minimum absolute atomic E-state index is 0.0376. The van der Waals surface area contributed by atoms with Gasteiger partial charge in [0.2, 0.25) is 0 Å². The van der Waals surface area contributed by atoms with Gasteiger partial charge in [-0.05, 0) is 109 Å². The summed E-state index contributed by atoms with van der Waals surface area (Å²) in [7, 11) is 0. The van der Waals surface area contributed by atoms with Crippen LogP contribution in [0.15, 0.2) is 11.6 Å².